The van der Waals surface area contributed by atoms with E-state index in [0.717, 1.165) is 21.0 Å². The molecular formula is C15H11IN2O2S. The highest BCUT2D eigenvalue weighted by Crippen LogP contribution is 2.32. The fourth-order valence-electron chi connectivity index (χ4n) is 2.01. The zero-order valence-corrected chi connectivity index (χ0v) is 13.8. The molecule has 0 bridgehead atoms. The number of nitrogens with zero attached hydrogens (tertiary/aromatic N) is 1. The maximum atomic E-state index is 12.4. The SMILES string of the molecule is O=C1S[C@H](Nc2ccc(I)cc2)C(=O)N1c1ccccc1. The number of amides is 2. The summed E-state index contributed by atoms with van der Waals surface area (Å²) in [5.74, 6) is -0.241. The number of hydrogen-bond donors (Lipinski definition) is 1. The molecule has 21 heavy (non-hydrogen) atoms. The summed E-state index contributed by atoms with van der Waals surface area (Å²) in [6.45, 7) is 0. The van der Waals surface area contributed by atoms with Crippen molar-refractivity contribution in [1.82, 2.24) is 0 Å². The van der Waals surface area contributed by atoms with Gasteiger partial charge in [-0.15, -0.1) is 0 Å². The van der Waals surface area contributed by atoms with Crippen LogP contribution in [0.1, 0.15) is 0 Å². The van der Waals surface area contributed by atoms with Gasteiger partial charge in [0.15, 0.2) is 5.37 Å². The lowest BCUT2D eigenvalue weighted by Crippen LogP contribution is -2.34. The van der Waals surface area contributed by atoms with Gasteiger partial charge in [-0.3, -0.25) is 9.59 Å². The van der Waals surface area contributed by atoms with Crippen LogP contribution in [0, 0.1) is 3.57 Å². The van der Waals surface area contributed by atoms with Crippen LogP contribution in [-0.4, -0.2) is 16.5 Å². The first-order chi connectivity index (χ1) is 10.1. The van der Waals surface area contributed by atoms with Gasteiger partial charge in [0.25, 0.3) is 11.1 Å². The largest absolute Gasteiger partial charge is 0.365 e. The number of carbonyl (C=O) groups excluding carboxylic acids is 2. The molecule has 2 aromatic rings. The molecule has 0 unspecified atom stereocenters. The van der Waals surface area contributed by atoms with Crippen LogP contribution in [-0.2, 0) is 4.79 Å². The number of nitrogens with one attached hydrogen (secondary N) is 1. The van der Waals surface area contributed by atoms with E-state index in [0.29, 0.717) is 5.69 Å². The van der Waals surface area contributed by atoms with Gasteiger partial charge in [0.1, 0.15) is 0 Å². The molecule has 0 saturated carbocycles. The zero-order valence-electron chi connectivity index (χ0n) is 10.8. The third-order valence-electron chi connectivity index (χ3n) is 3.00. The molecule has 0 aromatic heterocycles. The number of hydrogen-bond acceptors (Lipinski definition) is 4. The van der Waals surface area contributed by atoms with Crippen molar-refractivity contribution in [3.05, 3.63) is 58.2 Å². The molecular weight excluding hydrogens is 399 g/mol. The van der Waals surface area contributed by atoms with E-state index in [-0.39, 0.29) is 11.1 Å². The summed E-state index contributed by atoms with van der Waals surface area (Å²) in [6, 6.07) is 16.7. The second-order valence-corrected chi connectivity index (χ2v) is 6.73. The first-order valence-electron chi connectivity index (χ1n) is 6.27. The summed E-state index contributed by atoms with van der Waals surface area (Å²) in [6.07, 6.45) is 0. The van der Waals surface area contributed by atoms with Crippen molar-refractivity contribution < 1.29 is 9.59 Å². The molecule has 2 aromatic carbocycles. The molecule has 0 spiro atoms. The van der Waals surface area contributed by atoms with Gasteiger partial charge in [0.05, 0.1) is 5.69 Å². The van der Waals surface area contributed by atoms with Crippen molar-refractivity contribution >= 4 is 56.9 Å². The molecule has 1 N–H and O–H groups in total. The molecule has 0 radical (unpaired) electrons. The van der Waals surface area contributed by atoms with E-state index in [2.05, 4.69) is 27.9 Å². The predicted molar refractivity (Wildman–Crippen MR) is 93.5 cm³/mol. The van der Waals surface area contributed by atoms with Crippen molar-refractivity contribution in [2.75, 3.05) is 10.2 Å². The predicted octanol–water partition coefficient (Wildman–Crippen LogP) is 3.93. The Hall–Kier alpha value is -1.54. The summed E-state index contributed by atoms with van der Waals surface area (Å²) in [4.78, 5) is 25.7. The van der Waals surface area contributed by atoms with Crippen LogP contribution in [0.25, 0.3) is 0 Å². The van der Waals surface area contributed by atoms with E-state index >= 15 is 0 Å². The molecule has 4 nitrogen and oxygen atoms in total. The number of benzene rings is 2. The average molecular weight is 410 g/mol. The molecule has 1 aliphatic heterocycles. The minimum Gasteiger partial charge on any atom is -0.365 e. The Bertz CT molecular complexity index is 676. The maximum Gasteiger partial charge on any atom is 0.295 e. The number of carbonyl (C=O) groups is 2. The Morgan fingerprint density at radius 1 is 1.00 bits per heavy atom. The van der Waals surface area contributed by atoms with Crippen molar-refractivity contribution in [3.63, 3.8) is 0 Å². The second kappa shape index (κ2) is 6.07. The number of imide groups is 1. The lowest BCUT2D eigenvalue weighted by Gasteiger charge is -2.14. The van der Waals surface area contributed by atoms with Gasteiger partial charge in [-0.25, -0.2) is 4.90 Å². The molecule has 1 fully saturated rings. The van der Waals surface area contributed by atoms with E-state index in [1.165, 1.54) is 4.90 Å². The van der Waals surface area contributed by atoms with E-state index in [1.807, 2.05) is 30.3 Å². The van der Waals surface area contributed by atoms with Crippen LogP contribution in [0.5, 0.6) is 0 Å². The minimum absolute atomic E-state index is 0.241. The number of halogens is 1. The van der Waals surface area contributed by atoms with Gasteiger partial charge in [0.2, 0.25) is 0 Å². The molecule has 6 heteroatoms. The van der Waals surface area contributed by atoms with Crippen LogP contribution < -0.4 is 10.2 Å². The van der Waals surface area contributed by atoms with E-state index in [4.69, 9.17) is 0 Å². The second-order valence-electron chi connectivity index (χ2n) is 4.42. The number of para-hydroxylation sites is 1. The highest BCUT2D eigenvalue weighted by atomic mass is 127. The molecule has 1 aliphatic rings. The van der Waals surface area contributed by atoms with Gasteiger partial charge in [-0.05, 0) is 70.8 Å². The third-order valence-corrected chi connectivity index (χ3v) is 4.66. The standard InChI is InChI=1S/C15H11IN2O2S/c16-10-6-8-11(9-7-10)17-13-14(19)18(15(20)21-13)12-4-2-1-3-5-12/h1-9,13,17H/t13-/m0/s1. The smallest absolute Gasteiger partial charge is 0.295 e. The van der Waals surface area contributed by atoms with Crippen LogP contribution in [0.15, 0.2) is 54.6 Å². The van der Waals surface area contributed by atoms with Gasteiger partial charge in [-0.1, -0.05) is 18.2 Å². The summed E-state index contributed by atoms with van der Waals surface area (Å²) < 4.78 is 1.12. The molecule has 1 heterocycles. The highest BCUT2D eigenvalue weighted by Gasteiger charge is 2.40. The zero-order chi connectivity index (χ0) is 14.8. The molecule has 1 atom stereocenters. The third kappa shape index (κ3) is 3.06. The summed E-state index contributed by atoms with van der Waals surface area (Å²) in [5.41, 5.74) is 1.43. The molecule has 2 amide bonds. The summed E-state index contributed by atoms with van der Waals surface area (Å²) in [5, 5.41) is 2.25. The number of thioether (sulfide) groups is 1. The van der Waals surface area contributed by atoms with Gasteiger partial charge >= 0.3 is 0 Å². The fourth-order valence-corrected chi connectivity index (χ4v) is 3.27. The average Bonchev–Trinajstić information content (AvgIpc) is 2.77. The molecule has 1 saturated heterocycles. The van der Waals surface area contributed by atoms with Crippen molar-refractivity contribution in [2.45, 2.75) is 5.37 Å². The molecule has 0 aliphatic carbocycles. The van der Waals surface area contributed by atoms with Crippen molar-refractivity contribution in [2.24, 2.45) is 0 Å². The summed E-state index contributed by atoms with van der Waals surface area (Å²) in [7, 11) is 0. The monoisotopic (exact) mass is 410 g/mol. The quantitative estimate of drug-likeness (QED) is 0.780. The van der Waals surface area contributed by atoms with Crippen LogP contribution >= 0.6 is 34.4 Å². The van der Waals surface area contributed by atoms with Crippen LogP contribution in [0.4, 0.5) is 16.2 Å². The Kier molecular flexibility index (Phi) is 4.16. The highest BCUT2D eigenvalue weighted by molar-refractivity contribution is 14.1. The summed E-state index contributed by atoms with van der Waals surface area (Å²) >= 11 is 3.22. The van der Waals surface area contributed by atoms with E-state index < -0.39 is 5.37 Å². The maximum absolute atomic E-state index is 12.4. The molecule has 106 valence electrons. The Balaban J connectivity index is 1.79. The van der Waals surface area contributed by atoms with Crippen LogP contribution in [0.2, 0.25) is 0 Å². The lowest BCUT2D eigenvalue weighted by molar-refractivity contribution is -0.116. The molecule has 3 rings (SSSR count). The lowest BCUT2D eigenvalue weighted by atomic mass is 10.3. The van der Waals surface area contributed by atoms with Crippen molar-refractivity contribution in [1.29, 1.82) is 0 Å². The number of anilines is 2. The number of rotatable bonds is 3. The minimum atomic E-state index is -0.585. The Labute approximate surface area is 140 Å². The van der Waals surface area contributed by atoms with Gasteiger partial charge in [-0.2, -0.15) is 0 Å². The fraction of sp³-hybridized carbons (Fsp3) is 0.0667. The normalized spacial score (nSPS) is 18.1. The topological polar surface area (TPSA) is 49.4 Å². The first kappa shape index (κ1) is 14.4. The van der Waals surface area contributed by atoms with Gasteiger partial charge in [0, 0.05) is 9.26 Å². The first-order valence-corrected chi connectivity index (χ1v) is 8.23. The Morgan fingerprint density at radius 3 is 2.33 bits per heavy atom. The van der Waals surface area contributed by atoms with E-state index in [9.17, 15) is 9.59 Å². The Morgan fingerprint density at radius 2 is 1.67 bits per heavy atom. The van der Waals surface area contributed by atoms with Crippen LogP contribution in [0.3, 0.4) is 0 Å². The van der Waals surface area contributed by atoms with Crippen molar-refractivity contribution in [3.8, 4) is 0 Å². The van der Waals surface area contributed by atoms with E-state index in [1.54, 1.807) is 24.3 Å². The van der Waals surface area contributed by atoms with Gasteiger partial charge < -0.3 is 5.32 Å².